The van der Waals surface area contributed by atoms with Gasteiger partial charge >= 0.3 is 0 Å². The van der Waals surface area contributed by atoms with Crippen LogP contribution in [-0.2, 0) is 11.8 Å². The largest absolute Gasteiger partial charge is 0.382 e. The fraction of sp³-hybridized carbons (Fsp3) is 0.407. The molecule has 1 unspecified atom stereocenters. The maximum Gasteiger partial charge on any atom is 0.280 e. The highest BCUT2D eigenvalue weighted by Crippen LogP contribution is 2.51. The number of hydrogen-bond donors (Lipinski definition) is 2. The van der Waals surface area contributed by atoms with E-state index in [-0.39, 0.29) is 34.3 Å². The van der Waals surface area contributed by atoms with Crippen molar-refractivity contribution in [2.75, 3.05) is 35.2 Å². The van der Waals surface area contributed by atoms with Crippen LogP contribution in [-0.4, -0.2) is 40.5 Å². The van der Waals surface area contributed by atoms with Gasteiger partial charge in [-0.15, -0.1) is 0 Å². The van der Waals surface area contributed by atoms with Gasteiger partial charge in [0.25, 0.3) is 5.91 Å². The number of hydrogen-bond acceptors (Lipinski definition) is 7. The Morgan fingerprint density at radius 1 is 1.09 bits per heavy atom. The van der Waals surface area contributed by atoms with E-state index < -0.39 is 0 Å². The van der Waals surface area contributed by atoms with Crippen LogP contribution in [0.5, 0.6) is 0 Å². The molecule has 4 heterocycles. The van der Waals surface area contributed by atoms with Gasteiger partial charge in [-0.2, -0.15) is 0 Å². The van der Waals surface area contributed by atoms with Crippen LogP contribution in [0.2, 0.25) is 0 Å². The van der Waals surface area contributed by atoms with E-state index in [0.29, 0.717) is 12.4 Å². The molecular formula is C27H31N7O. The molecule has 1 aliphatic carbocycles. The van der Waals surface area contributed by atoms with Gasteiger partial charge in [-0.05, 0) is 47.9 Å². The number of aromatic nitrogens is 3. The van der Waals surface area contributed by atoms with Gasteiger partial charge in [0.15, 0.2) is 11.5 Å². The number of anilines is 3. The van der Waals surface area contributed by atoms with Gasteiger partial charge in [0.1, 0.15) is 5.82 Å². The molecule has 180 valence electrons. The van der Waals surface area contributed by atoms with E-state index in [4.69, 9.17) is 11.5 Å². The molecule has 0 bridgehead atoms. The van der Waals surface area contributed by atoms with E-state index in [1.54, 1.807) is 17.3 Å². The predicted octanol–water partition coefficient (Wildman–Crippen LogP) is 3.23. The van der Waals surface area contributed by atoms with Crippen molar-refractivity contribution >= 4 is 23.2 Å². The maximum absolute atomic E-state index is 13.4. The minimum atomic E-state index is -0.242. The summed E-state index contributed by atoms with van der Waals surface area (Å²) in [6, 6.07) is 12.4. The van der Waals surface area contributed by atoms with E-state index in [9.17, 15) is 4.79 Å². The van der Waals surface area contributed by atoms with Crippen LogP contribution in [0.1, 0.15) is 60.0 Å². The van der Waals surface area contributed by atoms with Crippen molar-refractivity contribution < 1.29 is 4.79 Å². The number of pyridine rings is 1. The van der Waals surface area contributed by atoms with Crippen LogP contribution in [0.3, 0.4) is 0 Å². The molecule has 1 atom stereocenters. The number of benzene rings is 1. The molecule has 3 aromatic rings. The van der Waals surface area contributed by atoms with E-state index in [0.717, 1.165) is 43.7 Å². The molecule has 0 radical (unpaired) electrons. The third-order valence-corrected chi connectivity index (χ3v) is 8.18. The summed E-state index contributed by atoms with van der Waals surface area (Å²) in [5, 5.41) is 0. The van der Waals surface area contributed by atoms with E-state index in [2.05, 4.69) is 58.0 Å². The summed E-state index contributed by atoms with van der Waals surface area (Å²) in [6.45, 7) is 6.37. The third kappa shape index (κ3) is 3.38. The molecule has 1 saturated heterocycles. The zero-order chi connectivity index (χ0) is 24.4. The second-order valence-electron chi connectivity index (χ2n) is 10.8. The van der Waals surface area contributed by atoms with Crippen molar-refractivity contribution in [3.8, 4) is 0 Å². The van der Waals surface area contributed by atoms with Crippen molar-refractivity contribution in [1.29, 1.82) is 0 Å². The summed E-state index contributed by atoms with van der Waals surface area (Å²) < 4.78 is 0. The lowest BCUT2D eigenvalue weighted by atomic mass is 9.73. The highest BCUT2D eigenvalue weighted by molar-refractivity contribution is 6.08. The Hall–Kier alpha value is -3.52. The fourth-order valence-corrected chi connectivity index (χ4v) is 6.20. The Morgan fingerprint density at radius 2 is 1.86 bits per heavy atom. The average molecular weight is 470 g/mol. The number of piperidine rings is 1. The summed E-state index contributed by atoms with van der Waals surface area (Å²) in [4.78, 5) is 30.9. The lowest BCUT2D eigenvalue weighted by Gasteiger charge is -2.42. The molecule has 4 N–H and O–H groups in total. The summed E-state index contributed by atoms with van der Waals surface area (Å²) in [5.41, 5.74) is 17.4. The van der Waals surface area contributed by atoms with Crippen molar-refractivity contribution in [2.24, 2.45) is 11.1 Å². The molecule has 6 rings (SSSR count). The molecule has 2 aliphatic heterocycles. The number of rotatable bonds is 2. The Morgan fingerprint density at radius 3 is 2.60 bits per heavy atom. The highest BCUT2D eigenvalue weighted by atomic mass is 16.2. The monoisotopic (exact) mass is 469 g/mol. The summed E-state index contributed by atoms with van der Waals surface area (Å²) in [7, 11) is 0. The smallest absolute Gasteiger partial charge is 0.280 e. The van der Waals surface area contributed by atoms with Gasteiger partial charge in [0.05, 0.1) is 17.6 Å². The standard InChI is InChI=1S/C27H31N7O/c1-26(2)16-34(19-8-5-11-30-23(19)26)25(35)21-24(29)32-20(15-31-21)33-12-9-27(10-13-33)14-17-6-3-4-7-18(17)22(27)28/h3-8,11,15,22H,9-10,12-14,16,28H2,1-2H3,(H2,29,32). The van der Waals surface area contributed by atoms with Gasteiger partial charge in [-0.1, -0.05) is 38.1 Å². The SMILES string of the molecule is CC1(C)CN(C(=O)c2ncc(N3CCC4(CC3)Cc3ccccc3C4N)nc2N)c2cccnc21. The Labute approximate surface area is 205 Å². The van der Waals surface area contributed by atoms with Gasteiger partial charge in [-0.3, -0.25) is 9.78 Å². The molecule has 8 heteroatoms. The molecule has 1 spiro atoms. The van der Waals surface area contributed by atoms with Gasteiger partial charge in [0.2, 0.25) is 0 Å². The first-order valence-corrected chi connectivity index (χ1v) is 12.3. The zero-order valence-electron chi connectivity index (χ0n) is 20.2. The molecule has 0 saturated carbocycles. The first-order valence-electron chi connectivity index (χ1n) is 12.3. The highest BCUT2D eigenvalue weighted by Gasteiger charge is 2.46. The molecule has 2 aromatic heterocycles. The quantitative estimate of drug-likeness (QED) is 0.592. The van der Waals surface area contributed by atoms with Crippen LogP contribution in [0.4, 0.5) is 17.3 Å². The Bertz CT molecular complexity index is 1310. The first-order chi connectivity index (χ1) is 16.8. The molecule has 35 heavy (non-hydrogen) atoms. The average Bonchev–Trinajstić information content (AvgIpc) is 3.30. The third-order valence-electron chi connectivity index (χ3n) is 8.18. The second kappa shape index (κ2) is 7.75. The van der Waals surface area contributed by atoms with E-state index >= 15 is 0 Å². The Balaban J connectivity index is 1.19. The molecule has 1 aromatic carbocycles. The number of amides is 1. The van der Waals surface area contributed by atoms with Gasteiger partial charge in [0, 0.05) is 37.3 Å². The minimum absolute atomic E-state index is 0.0686. The number of nitrogens with two attached hydrogens (primary N) is 2. The van der Waals surface area contributed by atoms with Crippen LogP contribution in [0.15, 0.2) is 48.8 Å². The van der Waals surface area contributed by atoms with Gasteiger partial charge < -0.3 is 21.3 Å². The minimum Gasteiger partial charge on any atom is -0.382 e. The normalized spacial score (nSPS) is 21.7. The lowest BCUT2D eigenvalue weighted by Crippen LogP contribution is -2.44. The van der Waals surface area contributed by atoms with E-state index in [1.165, 1.54) is 11.1 Å². The number of carbonyl (C=O) groups is 1. The van der Waals surface area contributed by atoms with Gasteiger partial charge in [-0.25, -0.2) is 9.97 Å². The molecule has 8 nitrogen and oxygen atoms in total. The van der Waals surface area contributed by atoms with E-state index in [1.807, 2.05) is 12.1 Å². The van der Waals surface area contributed by atoms with Crippen LogP contribution in [0.25, 0.3) is 0 Å². The summed E-state index contributed by atoms with van der Waals surface area (Å²) >= 11 is 0. The number of nitrogens with zero attached hydrogens (tertiary/aromatic N) is 5. The first kappa shape index (κ1) is 22.0. The lowest BCUT2D eigenvalue weighted by molar-refractivity contribution is 0.0982. The van der Waals surface area contributed by atoms with Crippen molar-refractivity contribution in [2.45, 2.75) is 44.6 Å². The van der Waals surface area contributed by atoms with Crippen LogP contribution >= 0.6 is 0 Å². The van der Waals surface area contributed by atoms with Crippen LogP contribution in [0, 0.1) is 5.41 Å². The molecule has 1 amide bonds. The Kier molecular flexibility index (Phi) is 4.86. The van der Waals surface area contributed by atoms with Crippen LogP contribution < -0.4 is 21.3 Å². The molecular weight excluding hydrogens is 438 g/mol. The van der Waals surface area contributed by atoms with Crippen molar-refractivity contribution in [3.63, 3.8) is 0 Å². The second-order valence-corrected chi connectivity index (χ2v) is 10.8. The maximum atomic E-state index is 13.4. The predicted molar refractivity (Wildman–Crippen MR) is 136 cm³/mol. The summed E-state index contributed by atoms with van der Waals surface area (Å²) in [5.74, 6) is 0.628. The number of carbonyl (C=O) groups excluding carboxylic acids is 1. The fourth-order valence-electron chi connectivity index (χ4n) is 6.20. The number of fused-ring (bicyclic) bond motifs is 2. The van der Waals surface area contributed by atoms with Crippen molar-refractivity contribution in [3.05, 3.63) is 71.3 Å². The molecule has 1 fully saturated rings. The molecule has 3 aliphatic rings. The topological polar surface area (TPSA) is 114 Å². The number of nitrogen functional groups attached to an aromatic ring is 1. The van der Waals surface area contributed by atoms with Crippen molar-refractivity contribution in [1.82, 2.24) is 15.0 Å². The summed E-state index contributed by atoms with van der Waals surface area (Å²) in [6.07, 6.45) is 6.44. The zero-order valence-corrected chi connectivity index (χ0v) is 20.2.